The second kappa shape index (κ2) is 6.43. The molecule has 1 fully saturated rings. The van der Waals surface area contributed by atoms with Gasteiger partial charge in [-0.15, -0.1) is 12.6 Å². The standard InChI is InChI=1S/C10H20N2OS/c1-2-11(8-10(13)14)9-12-6-4-3-5-7-12/h2-9H2,1H3,(H,13,14). The Kier molecular flexibility index (Phi) is 5.52. The molecule has 0 amide bonds. The molecule has 1 aliphatic heterocycles. The highest BCUT2D eigenvalue weighted by molar-refractivity contribution is 7.96. The molecule has 14 heavy (non-hydrogen) atoms. The molecular formula is C10H20N2OS. The first-order chi connectivity index (χ1) is 6.72. The molecule has 0 aromatic heterocycles. The van der Waals surface area contributed by atoms with E-state index in [1.165, 1.54) is 32.4 Å². The maximum absolute atomic E-state index is 10.9. The van der Waals surface area contributed by atoms with Crippen molar-refractivity contribution in [1.82, 2.24) is 9.80 Å². The number of likely N-dealkylation sites (tertiary alicyclic amines) is 1. The predicted molar refractivity (Wildman–Crippen MR) is 61.5 cm³/mol. The second-order valence-electron chi connectivity index (χ2n) is 3.86. The zero-order valence-electron chi connectivity index (χ0n) is 8.91. The molecular weight excluding hydrogens is 196 g/mol. The highest BCUT2D eigenvalue weighted by Gasteiger charge is 2.14. The number of piperidine rings is 1. The zero-order valence-corrected chi connectivity index (χ0v) is 9.80. The van der Waals surface area contributed by atoms with Crippen LogP contribution in [-0.4, -0.2) is 47.8 Å². The quantitative estimate of drug-likeness (QED) is 0.699. The topological polar surface area (TPSA) is 23.6 Å². The maximum atomic E-state index is 10.9. The van der Waals surface area contributed by atoms with Crippen molar-refractivity contribution in [3.8, 4) is 0 Å². The lowest BCUT2D eigenvalue weighted by molar-refractivity contribution is -0.112. The molecule has 0 saturated carbocycles. The number of nitrogens with zero attached hydrogens (tertiary/aromatic N) is 2. The van der Waals surface area contributed by atoms with Gasteiger partial charge < -0.3 is 0 Å². The number of hydrogen-bond donors (Lipinski definition) is 1. The van der Waals surface area contributed by atoms with Crippen molar-refractivity contribution in [2.24, 2.45) is 0 Å². The molecule has 0 bridgehead atoms. The van der Waals surface area contributed by atoms with Crippen molar-refractivity contribution in [2.75, 3.05) is 32.8 Å². The summed E-state index contributed by atoms with van der Waals surface area (Å²) >= 11 is 3.81. The Labute approximate surface area is 91.9 Å². The molecule has 1 saturated heterocycles. The number of carbonyl (C=O) groups is 1. The SMILES string of the molecule is CCN(CC(=O)S)CN1CCCCC1. The minimum absolute atomic E-state index is 0.0381. The number of rotatable bonds is 5. The second-order valence-corrected chi connectivity index (χ2v) is 4.36. The Morgan fingerprint density at radius 2 is 2.00 bits per heavy atom. The van der Waals surface area contributed by atoms with Crippen LogP contribution in [0.5, 0.6) is 0 Å². The van der Waals surface area contributed by atoms with Gasteiger partial charge in [0.15, 0.2) is 5.12 Å². The lowest BCUT2D eigenvalue weighted by atomic mass is 10.1. The molecule has 0 aliphatic carbocycles. The number of carbonyl (C=O) groups excluding carboxylic acids is 1. The summed E-state index contributed by atoms with van der Waals surface area (Å²) in [5.74, 6) is 0. The molecule has 1 rings (SSSR count). The van der Waals surface area contributed by atoms with Gasteiger partial charge >= 0.3 is 0 Å². The maximum Gasteiger partial charge on any atom is 0.199 e. The normalized spacial score (nSPS) is 18.8. The largest absolute Gasteiger partial charge is 0.290 e. The van der Waals surface area contributed by atoms with Crippen molar-refractivity contribution in [3.05, 3.63) is 0 Å². The monoisotopic (exact) mass is 216 g/mol. The van der Waals surface area contributed by atoms with Crippen LogP contribution in [0.15, 0.2) is 0 Å². The Hall–Kier alpha value is -0.0600. The Balaban J connectivity index is 2.27. The third-order valence-corrected chi connectivity index (χ3v) is 2.80. The van der Waals surface area contributed by atoms with Crippen molar-refractivity contribution in [3.63, 3.8) is 0 Å². The van der Waals surface area contributed by atoms with Gasteiger partial charge in [0.1, 0.15) is 0 Å². The van der Waals surface area contributed by atoms with E-state index in [-0.39, 0.29) is 5.12 Å². The third-order valence-electron chi connectivity index (χ3n) is 2.65. The highest BCUT2D eigenvalue weighted by atomic mass is 32.1. The molecule has 3 nitrogen and oxygen atoms in total. The van der Waals surface area contributed by atoms with Crippen LogP contribution < -0.4 is 0 Å². The Morgan fingerprint density at radius 1 is 1.36 bits per heavy atom. The lowest BCUT2D eigenvalue weighted by Gasteiger charge is -2.31. The van der Waals surface area contributed by atoms with E-state index in [4.69, 9.17) is 0 Å². The minimum Gasteiger partial charge on any atom is -0.290 e. The van der Waals surface area contributed by atoms with Gasteiger partial charge in [0.05, 0.1) is 13.2 Å². The fraction of sp³-hybridized carbons (Fsp3) is 0.900. The van der Waals surface area contributed by atoms with E-state index in [1.54, 1.807) is 0 Å². The number of thiol groups is 1. The van der Waals surface area contributed by atoms with E-state index in [2.05, 4.69) is 29.4 Å². The van der Waals surface area contributed by atoms with E-state index in [0.717, 1.165) is 13.2 Å². The summed E-state index contributed by atoms with van der Waals surface area (Å²) in [4.78, 5) is 15.4. The average molecular weight is 216 g/mol. The lowest BCUT2D eigenvalue weighted by Crippen LogP contribution is -2.42. The number of hydrogen-bond acceptors (Lipinski definition) is 3. The van der Waals surface area contributed by atoms with Crippen LogP contribution >= 0.6 is 12.6 Å². The summed E-state index contributed by atoms with van der Waals surface area (Å²) in [6, 6.07) is 0. The highest BCUT2D eigenvalue weighted by Crippen LogP contribution is 2.09. The molecule has 1 heterocycles. The van der Waals surface area contributed by atoms with Crippen molar-refractivity contribution in [1.29, 1.82) is 0 Å². The molecule has 0 spiro atoms. The fourth-order valence-corrected chi connectivity index (χ4v) is 2.04. The van der Waals surface area contributed by atoms with Crippen LogP contribution in [0.4, 0.5) is 0 Å². The molecule has 82 valence electrons. The van der Waals surface area contributed by atoms with E-state index < -0.39 is 0 Å². The smallest absolute Gasteiger partial charge is 0.199 e. The predicted octanol–water partition coefficient (Wildman–Crippen LogP) is 1.21. The van der Waals surface area contributed by atoms with Gasteiger partial charge in [0, 0.05) is 0 Å². The van der Waals surface area contributed by atoms with E-state index in [0.29, 0.717) is 6.54 Å². The van der Waals surface area contributed by atoms with Gasteiger partial charge in [0.2, 0.25) is 0 Å². The first-order valence-electron chi connectivity index (χ1n) is 5.39. The first-order valence-corrected chi connectivity index (χ1v) is 5.83. The minimum atomic E-state index is -0.0381. The van der Waals surface area contributed by atoms with Crippen LogP contribution in [0.2, 0.25) is 0 Å². The fourth-order valence-electron chi connectivity index (χ4n) is 1.84. The first kappa shape index (κ1) is 12.0. The van der Waals surface area contributed by atoms with Gasteiger partial charge in [-0.3, -0.25) is 14.6 Å². The van der Waals surface area contributed by atoms with Gasteiger partial charge in [-0.05, 0) is 32.5 Å². The van der Waals surface area contributed by atoms with E-state index >= 15 is 0 Å². The van der Waals surface area contributed by atoms with Crippen molar-refractivity contribution in [2.45, 2.75) is 26.2 Å². The molecule has 0 aromatic carbocycles. The average Bonchev–Trinajstić information content (AvgIpc) is 2.17. The molecule has 1 aliphatic rings. The van der Waals surface area contributed by atoms with Crippen molar-refractivity contribution >= 4 is 17.7 Å². The molecule has 0 N–H and O–H groups in total. The van der Waals surface area contributed by atoms with Gasteiger partial charge in [-0.25, -0.2) is 0 Å². The van der Waals surface area contributed by atoms with Crippen LogP contribution in [0.3, 0.4) is 0 Å². The Bertz CT molecular complexity index is 181. The summed E-state index contributed by atoms with van der Waals surface area (Å²) < 4.78 is 0. The van der Waals surface area contributed by atoms with Crippen LogP contribution in [-0.2, 0) is 4.79 Å². The number of likely N-dealkylation sites (N-methyl/N-ethyl adjacent to an activating group) is 1. The van der Waals surface area contributed by atoms with Gasteiger partial charge in [0.25, 0.3) is 0 Å². The van der Waals surface area contributed by atoms with Crippen molar-refractivity contribution < 1.29 is 4.79 Å². The summed E-state index contributed by atoms with van der Waals surface area (Å²) in [6.45, 7) is 6.75. The molecule has 0 radical (unpaired) electrons. The van der Waals surface area contributed by atoms with Gasteiger partial charge in [-0.2, -0.15) is 0 Å². The Morgan fingerprint density at radius 3 is 2.50 bits per heavy atom. The third kappa shape index (κ3) is 4.44. The van der Waals surface area contributed by atoms with Gasteiger partial charge in [-0.1, -0.05) is 13.3 Å². The molecule has 0 aromatic rings. The van der Waals surface area contributed by atoms with Crippen LogP contribution in [0.1, 0.15) is 26.2 Å². The summed E-state index contributed by atoms with van der Waals surface area (Å²) in [5.41, 5.74) is 0. The summed E-state index contributed by atoms with van der Waals surface area (Å²) in [5, 5.41) is -0.0381. The van der Waals surface area contributed by atoms with Crippen LogP contribution in [0.25, 0.3) is 0 Å². The molecule has 0 unspecified atom stereocenters. The summed E-state index contributed by atoms with van der Waals surface area (Å²) in [7, 11) is 0. The summed E-state index contributed by atoms with van der Waals surface area (Å²) in [6.07, 6.45) is 3.95. The zero-order chi connectivity index (χ0) is 10.4. The molecule has 0 atom stereocenters. The van der Waals surface area contributed by atoms with E-state index in [9.17, 15) is 4.79 Å². The van der Waals surface area contributed by atoms with Crippen LogP contribution in [0, 0.1) is 0 Å². The molecule has 4 heteroatoms. The van der Waals surface area contributed by atoms with E-state index in [1.807, 2.05) is 0 Å².